The summed E-state index contributed by atoms with van der Waals surface area (Å²) in [5, 5.41) is 0. The van der Waals surface area contributed by atoms with Gasteiger partial charge in [0.2, 0.25) is 0 Å². The van der Waals surface area contributed by atoms with Crippen LogP contribution in [0.15, 0.2) is 12.2 Å². The molecule has 0 heterocycles. The van der Waals surface area contributed by atoms with Gasteiger partial charge < -0.3 is 4.74 Å². The molecule has 0 aromatic heterocycles. The van der Waals surface area contributed by atoms with E-state index in [0.29, 0.717) is 11.8 Å². The number of carbonyl (C=O) groups excluding carboxylic acids is 1. The molecule has 0 aromatic carbocycles. The molecule has 6 aliphatic carbocycles. The zero-order valence-corrected chi connectivity index (χ0v) is 14.6. The van der Waals surface area contributed by atoms with Crippen LogP contribution in [-0.2, 0) is 9.53 Å². The largest absolute Gasteiger partial charge is 0.461 e. The lowest BCUT2D eigenvalue weighted by atomic mass is 9.43. The lowest BCUT2D eigenvalue weighted by molar-refractivity contribution is -0.185. The first kappa shape index (κ1) is 14.5. The molecule has 6 bridgehead atoms. The summed E-state index contributed by atoms with van der Waals surface area (Å²) < 4.78 is 6.11. The number of esters is 1. The van der Waals surface area contributed by atoms with Crippen LogP contribution in [0.3, 0.4) is 0 Å². The fraction of sp³-hybridized carbons (Fsp3) is 0.857. The van der Waals surface area contributed by atoms with Crippen molar-refractivity contribution in [2.24, 2.45) is 40.4 Å². The van der Waals surface area contributed by atoms with E-state index >= 15 is 0 Å². The van der Waals surface area contributed by atoms with E-state index < -0.39 is 0 Å². The molecule has 0 aromatic rings. The van der Waals surface area contributed by atoms with E-state index in [9.17, 15) is 4.79 Å². The number of carbonyl (C=O) groups is 1. The van der Waals surface area contributed by atoms with Crippen molar-refractivity contribution in [2.75, 3.05) is 0 Å². The molecular formula is C21H30O2. The smallest absolute Gasteiger partial charge is 0.312 e. The zero-order valence-electron chi connectivity index (χ0n) is 14.6. The number of fused-ring (bicyclic) bond motifs is 2. The summed E-state index contributed by atoms with van der Waals surface area (Å²) in [7, 11) is 0. The Morgan fingerprint density at radius 2 is 1.57 bits per heavy atom. The lowest BCUT2D eigenvalue weighted by Gasteiger charge is -2.61. The second kappa shape index (κ2) is 4.64. The number of hydrogen-bond acceptors (Lipinski definition) is 2. The molecular weight excluding hydrogens is 284 g/mol. The van der Waals surface area contributed by atoms with Crippen molar-refractivity contribution in [3.63, 3.8) is 0 Å². The molecule has 0 N–H and O–H groups in total. The van der Waals surface area contributed by atoms with Gasteiger partial charge in [0.1, 0.15) is 6.10 Å². The zero-order chi connectivity index (χ0) is 15.8. The summed E-state index contributed by atoms with van der Waals surface area (Å²) in [5.41, 5.74) is -0.0825. The molecule has 126 valence electrons. The van der Waals surface area contributed by atoms with Gasteiger partial charge in [-0.25, -0.2) is 0 Å². The predicted octanol–water partition coefficient (Wildman–Crippen LogP) is 4.74. The third kappa shape index (κ3) is 2.02. The second-order valence-corrected chi connectivity index (χ2v) is 10.0. The first-order chi connectivity index (χ1) is 11.0. The lowest BCUT2D eigenvalue weighted by Crippen LogP contribution is -2.56. The second-order valence-electron chi connectivity index (χ2n) is 10.0. The van der Waals surface area contributed by atoms with Crippen molar-refractivity contribution < 1.29 is 9.53 Å². The summed E-state index contributed by atoms with van der Waals surface area (Å²) >= 11 is 0. The fourth-order valence-electron chi connectivity index (χ4n) is 7.24. The average molecular weight is 314 g/mol. The standard InChI is InChI=1S/C21H30O2/c1-20(2,19(22)23-18-9-13-3-4-17(18)8-13)21-10-14-5-15(11-21)7-16(6-14)12-21/h3-4,13-18H,5-12H2,1-2H3. The Labute approximate surface area is 140 Å². The Kier molecular flexibility index (Phi) is 2.93. The number of hydrogen-bond donors (Lipinski definition) is 0. The van der Waals surface area contributed by atoms with Crippen LogP contribution in [0.2, 0.25) is 0 Å². The van der Waals surface area contributed by atoms with E-state index in [2.05, 4.69) is 26.0 Å². The highest BCUT2D eigenvalue weighted by atomic mass is 16.5. The number of rotatable bonds is 3. The molecule has 0 saturated heterocycles. The van der Waals surface area contributed by atoms with Gasteiger partial charge in [0.15, 0.2) is 0 Å². The maximum atomic E-state index is 13.2. The van der Waals surface area contributed by atoms with E-state index in [1.54, 1.807) is 0 Å². The van der Waals surface area contributed by atoms with Gasteiger partial charge in [-0.3, -0.25) is 4.79 Å². The Morgan fingerprint density at radius 1 is 0.957 bits per heavy atom. The van der Waals surface area contributed by atoms with Gasteiger partial charge in [0.25, 0.3) is 0 Å². The highest BCUT2D eigenvalue weighted by Crippen LogP contribution is 2.66. The SMILES string of the molecule is CC(C)(C(=O)OC1CC2C=CC1C2)C12CC3CC(CC(C3)C1)C2. The molecule has 0 spiro atoms. The van der Waals surface area contributed by atoms with Crippen molar-refractivity contribution in [3.8, 4) is 0 Å². The van der Waals surface area contributed by atoms with Gasteiger partial charge in [-0.2, -0.15) is 0 Å². The maximum absolute atomic E-state index is 13.2. The maximum Gasteiger partial charge on any atom is 0.312 e. The Morgan fingerprint density at radius 3 is 2.04 bits per heavy atom. The summed E-state index contributed by atoms with van der Waals surface area (Å²) in [6, 6.07) is 0. The van der Waals surface area contributed by atoms with Crippen LogP contribution >= 0.6 is 0 Å². The van der Waals surface area contributed by atoms with Crippen molar-refractivity contribution in [1.29, 1.82) is 0 Å². The number of ether oxygens (including phenoxy) is 1. The van der Waals surface area contributed by atoms with Gasteiger partial charge >= 0.3 is 5.97 Å². The first-order valence-electron chi connectivity index (χ1n) is 9.85. The Bertz CT molecular complexity index is 523. The van der Waals surface area contributed by atoms with E-state index in [4.69, 9.17) is 4.74 Å². The molecule has 2 nitrogen and oxygen atoms in total. The van der Waals surface area contributed by atoms with Crippen LogP contribution in [0.5, 0.6) is 0 Å². The number of allylic oxidation sites excluding steroid dienone is 1. The molecule has 6 rings (SSSR count). The quantitative estimate of drug-likeness (QED) is 0.556. The third-order valence-electron chi connectivity index (χ3n) is 8.35. The molecule has 0 aliphatic heterocycles. The van der Waals surface area contributed by atoms with Crippen molar-refractivity contribution in [1.82, 2.24) is 0 Å². The van der Waals surface area contributed by atoms with E-state index in [-0.39, 0.29) is 22.9 Å². The summed E-state index contributed by atoms with van der Waals surface area (Å²) in [4.78, 5) is 13.2. The van der Waals surface area contributed by atoms with Crippen LogP contribution in [0, 0.1) is 40.4 Å². The van der Waals surface area contributed by atoms with Gasteiger partial charge in [0, 0.05) is 5.92 Å². The fourth-order valence-corrected chi connectivity index (χ4v) is 7.24. The van der Waals surface area contributed by atoms with E-state index in [1.165, 1.54) is 44.9 Å². The predicted molar refractivity (Wildman–Crippen MR) is 89.6 cm³/mol. The minimum atomic E-state index is -0.311. The molecule has 23 heavy (non-hydrogen) atoms. The highest BCUT2D eigenvalue weighted by molar-refractivity contribution is 5.77. The average Bonchev–Trinajstić information content (AvgIpc) is 3.08. The monoisotopic (exact) mass is 314 g/mol. The summed E-state index contributed by atoms with van der Waals surface area (Å²) in [6.07, 6.45) is 15.1. The van der Waals surface area contributed by atoms with Crippen LogP contribution < -0.4 is 0 Å². The first-order valence-corrected chi connectivity index (χ1v) is 9.85. The van der Waals surface area contributed by atoms with Crippen molar-refractivity contribution in [3.05, 3.63) is 12.2 Å². The molecule has 0 radical (unpaired) electrons. The summed E-state index contributed by atoms with van der Waals surface area (Å²) in [6.45, 7) is 4.40. The molecule has 3 unspecified atom stereocenters. The van der Waals surface area contributed by atoms with E-state index in [1.807, 2.05) is 0 Å². The molecule has 5 saturated carbocycles. The van der Waals surface area contributed by atoms with Crippen LogP contribution in [0.1, 0.15) is 65.2 Å². The minimum absolute atomic E-state index is 0.102. The van der Waals surface area contributed by atoms with Gasteiger partial charge in [0.05, 0.1) is 5.41 Å². The van der Waals surface area contributed by atoms with E-state index in [0.717, 1.165) is 24.2 Å². The van der Waals surface area contributed by atoms with Gasteiger partial charge in [-0.1, -0.05) is 12.2 Å². The Hall–Kier alpha value is -0.790. The van der Waals surface area contributed by atoms with Crippen molar-refractivity contribution in [2.45, 2.75) is 71.3 Å². The van der Waals surface area contributed by atoms with Crippen molar-refractivity contribution >= 4 is 5.97 Å². The third-order valence-corrected chi connectivity index (χ3v) is 8.35. The molecule has 6 aliphatic rings. The van der Waals surface area contributed by atoms with Crippen LogP contribution in [0.4, 0.5) is 0 Å². The highest BCUT2D eigenvalue weighted by Gasteiger charge is 2.60. The van der Waals surface area contributed by atoms with Crippen LogP contribution in [-0.4, -0.2) is 12.1 Å². The van der Waals surface area contributed by atoms with Gasteiger partial charge in [-0.05, 0) is 94.3 Å². The minimum Gasteiger partial charge on any atom is -0.461 e. The van der Waals surface area contributed by atoms with Crippen LogP contribution in [0.25, 0.3) is 0 Å². The molecule has 0 amide bonds. The van der Waals surface area contributed by atoms with Gasteiger partial charge in [-0.15, -0.1) is 0 Å². The topological polar surface area (TPSA) is 26.3 Å². The molecule has 5 fully saturated rings. The molecule has 3 atom stereocenters. The Balaban J connectivity index is 1.36. The summed E-state index contributed by atoms with van der Waals surface area (Å²) in [5.74, 6) is 3.93. The normalized spacial score (nSPS) is 49.8. The molecule has 2 heteroatoms.